The number of likely N-dealkylation sites (tertiary alicyclic amines) is 2. The minimum absolute atomic E-state index is 0.0544. The number of H-pyrrole nitrogens is 1. The van der Waals surface area contributed by atoms with Crippen LogP contribution in [-0.4, -0.2) is 173 Å². The highest BCUT2D eigenvalue weighted by atomic mass is 16.2. The number of nitrogens with two attached hydrogens (primary N) is 1. The van der Waals surface area contributed by atoms with Crippen LogP contribution in [0, 0.1) is 17.8 Å². The number of benzene rings is 1. The van der Waals surface area contributed by atoms with Crippen molar-refractivity contribution >= 4 is 87.6 Å². The minimum Gasteiger partial charge on any atom is -0.368 e. The molecule has 0 radical (unpaired) electrons. The van der Waals surface area contributed by atoms with E-state index in [1.165, 1.54) is 23.8 Å². The molecule has 0 saturated carbocycles. The van der Waals surface area contributed by atoms with Crippen LogP contribution in [0.1, 0.15) is 138 Å². The third kappa shape index (κ3) is 20.4. The zero-order valence-electron chi connectivity index (χ0n) is 50.0. The molecule has 1 aromatic carbocycles. The van der Waals surface area contributed by atoms with Crippen LogP contribution in [0.3, 0.4) is 0 Å². The second kappa shape index (κ2) is 33.4. The summed E-state index contributed by atoms with van der Waals surface area (Å²) in [4.78, 5) is 180. The van der Waals surface area contributed by atoms with Gasteiger partial charge in [-0.05, 0) is 80.8 Å². The number of Topliss-reactive ketones (excluding diaryl/α,β-unsaturated/α-hetero) is 1. The van der Waals surface area contributed by atoms with Crippen molar-refractivity contribution < 1.29 is 62.3 Å². The first-order chi connectivity index (χ1) is 39.8. The molecular weight excluding hydrogens is 1090 g/mol. The Hall–Kier alpha value is -7.93. The smallest absolute Gasteiger partial charge is 0.287 e. The second-order valence-corrected chi connectivity index (χ2v) is 22.7. The average Bonchev–Trinajstić information content (AvgIpc) is 3.80. The molecule has 12 N–H and O–H groups in total. The Bertz CT molecular complexity index is 2690. The molecule has 26 heteroatoms. The summed E-state index contributed by atoms with van der Waals surface area (Å²) in [5, 5.41) is 24.2. The normalized spacial score (nSPS) is 17.4. The highest BCUT2D eigenvalue weighted by molar-refractivity contribution is 6.36. The minimum atomic E-state index is -1.53. The van der Waals surface area contributed by atoms with Crippen LogP contribution in [0.15, 0.2) is 30.5 Å². The van der Waals surface area contributed by atoms with Crippen LogP contribution in [0.25, 0.3) is 10.9 Å². The molecule has 4 rings (SSSR count). The predicted octanol–water partition coefficient (Wildman–Crippen LogP) is -0.237. The lowest BCUT2D eigenvalue weighted by molar-refractivity contribution is -0.143. The number of carbonyl (C=O) groups is 13. The molecule has 7 unspecified atom stereocenters. The van der Waals surface area contributed by atoms with Crippen LogP contribution < -0.4 is 53.6 Å². The van der Waals surface area contributed by atoms with Gasteiger partial charge in [0.1, 0.15) is 48.3 Å². The van der Waals surface area contributed by atoms with E-state index in [2.05, 4.69) is 52.8 Å². The lowest BCUT2D eigenvalue weighted by Gasteiger charge is -2.32. The van der Waals surface area contributed by atoms with Gasteiger partial charge >= 0.3 is 0 Å². The maximum atomic E-state index is 14.5. The van der Waals surface area contributed by atoms with Gasteiger partial charge in [-0.1, -0.05) is 85.9 Å². The third-order valence-corrected chi connectivity index (χ3v) is 15.1. The van der Waals surface area contributed by atoms with Crippen molar-refractivity contribution in [2.24, 2.45) is 23.5 Å². The molecule has 12 amide bonds. The Labute approximate surface area is 490 Å². The van der Waals surface area contributed by atoms with E-state index < -0.39 is 157 Å². The molecule has 2 saturated heterocycles. The number of hydrogen-bond acceptors (Lipinski definition) is 13. The molecule has 26 nitrogen and oxygen atoms in total. The monoisotopic (exact) mass is 1180 g/mol. The lowest BCUT2D eigenvalue weighted by atomic mass is 9.95. The summed E-state index contributed by atoms with van der Waals surface area (Å²) in [5.41, 5.74) is 7.40. The Balaban J connectivity index is 1.46. The second-order valence-electron chi connectivity index (χ2n) is 22.7. The summed E-state index contributed by atoms with van der Waals surface area (Å²) in [6.07, 6.45) is 4.31. The number of aromatic amines is 1. The number of rotatable bonds is 33. The summed E-state index contributed by atoms with van der Waals surface area (Å²) in [7, 11) is 1.25. The maximum absolute atomic E-state index is 14.5. The van der Waals surface area contributed by atoms with Gasteiger partial charge in [0.25, 0.3) is 5.91 Å². The molecule has 464 valence electrons. The van der Waals surface area contributed by atoms with Crippen LogP contribution >= 0.6 is 0 Å². The van der Waals surface area contributed by atoms with E-state index in [0.717, 1.165) is 16.5 Å². The van der Waals surface area contributed by atoms with Crippen LogP contribution in [-0.2, 0) is 68.7 Å². The zero-order chi connectivity index (χ0) is 62.4. The van der Waals surface area contributed by atoms with E-state index in [4.69, 9.17) is 5.73 Å². The largest absolute Gasteiger partial charge is 0.368 e. The van der Waals surface area contributed by atoms with Crippen molar-refractivity contribution in [1.82, 2.24) is 62.6 Å². The Morgan fingerprint density at radius 3 is 1.88 bits per heavy atom. The molecule has 0 bridgehead atoms. The number of carbonyl (C=O) groups excluding carboxylic acids is 13. The first-order valence-corrected chi connectivity index (χ1v) is 29.3. The number of unbranched alkanes of at least 4 members (excludes halogenated alkanes) is 1. The van der Waals surface area contributed by atoms with Crippen LogP contribution in [0.5, 0.6) is 0 Å². The summed E-state index contributed by atoms with van der Waals surface area (Å²) in [6, 6.07) is -1.67. The van der Waals surface area contributed by atoms with E-state index in [-0.39, 0.29) is 57.0 Å². The summed E-state index contributed by atoms with van der Waals surface area (Å²) in [5.74, 6) is -9.82. The topological polar surface area (TPSA) is 378 Å². The standard InChI is InChI=1S/C58H89N13O13/c1-10-12-18-39(66-52(78)40(22-23-46(73)56(82)60-9)65-47(74)30-62-54(80)44-20-15-24-70(44)48(75)31-63-51(77)42(26-32(3)4)64-35(8)72)53(79)69-49(34(7)11-2)57(83)68-43(27-33(5)6)58(84)71-25-16-21-45(71)55(81)67-41(50(59)76)28-36-29-61-38-19-14-13-17-37(36)38/h13-14,17,19,29,32-34,39-45,49,61H,10-12,15-16,18,20-28,30-31H2,1-9H3,(H2,59,76)(H,60,82)(H,62,80)(H,63,77)(H,64,72)(H,65,74)(H,66,78)(H,67,81)(H,68,83)(H,69,79)/t34?,39?,40?,41?,42?,43?,44-,45-,49?/m0/s1. The fraction of sp³-hybridized carbons (Fsp3) is 0.638. The summed E-state index contributed by atoms with van der Waals surface area (Å²) in [6.45, 7) is 13.4. The molecule has 0 spiro atoms. The third-order valence-electron chi connectivity index (χ3n) is 15.1. The number of primary amides is 1. The molecule has 2 aromatic rings. The quantitative estimate of drug-likeness (QED) is 0.0412. The highest BCUT2D eigenvalue weighted by Gasteiger charge is 2.41. The Morgan fingerprint density at radius 1 is 0.655 bits per heavy atom. The number of nitrogens with one attached hydrogen (secondary N) is 10. The number of aromatic nitrogens is 1. The number of nitrogens with zero attached hydrogens (tertiary/aromatic N) is 2. The Kier molecular flexibility index (Phi) is 27.3. The van der Waals surface area contributed by atoms with E-state index >= 15 is 0 Å². The van der Waals surface area contributed by atoms with E-state index in [1.807, 2.05) is 58.9 Å². The first-order valence-electron chi connectivity index (χ1n) is 29.3. The van der Waals surface area contributed by atoms with Crippen LogP contribution in [0.2, 0.25) is 0 Å². The maximum Gasteiger partial charge on any atom is 0.287 e. The van der Waals surface area contributed by atoms with E-state index in [1.54, 1.807) is 20.0 Å². The first kappa shape index (κ1) is 68.6. The average molecular weight is 1180 g/mol. The molecule has 84 heavy (non-hydrogen) atoms. The highest BCUT2D eigenvalue weighted by Crippen LogP contribution is 2.24. The molecule has 1 aromatic heterocycles. The molecular formula is C58H89N13O13. The fourth-order valence-corrected chi connectivity index (χ4v) is 10.4. The molecule has 2 fully saturated rings. The molecule has 9 atom stereocenters. The van der Waals surface area contributed by atoms with Gasteiger partial charge in [0.2, 0.25) is 70.8 Å². The molecule has 3 heterocycles. The zero-order valence-corrected chi connectivity index (χ0v) is 50.0. The number of likely N-dealkylation sites (N-methyl/N-ethyl adjacent to an activating group) is 1. The molecule has 2 aliphatic rings. The number of hydrogen-bond donors (Lipinski definition) is 11. The molecule has 2 aliphatic heterocycles. The van der Waals surface area contributed by atoms with E-state index in [0.29, 0.717) is 38.5 Å². The van der Waals surface area contributed by atoms with Gasteiger partial charge in [0.05, 0.1) is 13.1 Å². The van der Waals surface area contributed by atoms with Crippen molar-refractivity contribution in [2.75, 3.05) is 33.2 Å². The van der Waals surface area contributed by atoms with Crippen LogP contribution in [0.4, 0.5) is 0 Å². The number of para-hydroxylation sites is 1. The number of fused-ring (bicyclic) bond motifs is 1. The summed E-state index contributed by atoms with van der Waals surface area (Å²) >= 11 is 0. The van der Waals surface area contributed by atoms with Crippen molar-refractivity contribution in [3.8, 4) is 0 Å². The lowest BCUT2D eigenvalue weighted by Crippen LogP contribution is -2.61. The SMILES string of the molecule is CCCCC(NC(=O)C(CCC(=O)C(=O)NC)NC(=O)CNC(=O)[C@@H]1CCCN1C(=O)CNC(=O)C(CC(C)C)NC(C)=O)C(=O)NC(C(=O)NC(CC(C)C)C(=O)N1CCC[C@H]1C(=O)NC(Cc1c[nH]c2ccccc12)C(N)=O)C(C)CC. The van der Waals surface area contributed by atoms with Gasteiger partial charge in [0.15, 0.2) is 0 Å². The predicted molar refractivity (Wildman–Crippen MR) is 310 cm³/mol. The van der Waals surface area contributed by atoms with E-state index in [9.17, 15) is 62.3 Å². The van der Waals surface area contributed by atoms with Gasteiger partial charge in [-0.3, -0.25) is 62.3 Å². The Morgan fingerprint density at radius 2 is 1.26 bits per heavy atom. The van der Waals surface area contributed by atoms with Gasteiger partial charge in [-0.15, -0.1) is 0 Å². The molecule has 0 aliphatic carbocycles. The van der Waals surface area contributed by atoms with Crippen molar-refractivity contribution in [1.29, 1.82) is 0 Å². The van der Waals surface area contributed by atoms with Crippen molar-refractivity contribution in [3.05, 3.63) is 36.0 Å². The summed E-state index contributed by atoms with van der Waals surface area (Å²) < 4.78 is 0. The van der Waals surface area contributed by atoms with Crippen molar-refractivity contribution in [2.45, 2.75) is 187 Å². The van der Waals surface area contributed by atoms with Gasteiger partial charge in [-0.25, -0.2) is 0 Å². The fourth-order valence-electron chi connectivity index (χ4n) is 10.4. The van der Waals surface area contributed by atoms with Gasteiger partial charge in [0, 0.05) is 57.0 Å². The van der Waals surface area contributed by atoms with Crippen molar-refractivity contribution in [3.63, 3.8) is 0 Å². The number of amides is 12. The van der Waals surface area contributed by atoms with Gasteiger partial charge in [-0.2, -0.15) is 0 Å². The van der Waals surface area contributed by atoms with Gasteiger partial charge < -0.3 is 68.4 Å². The number of ketones is 1.